The van der Waals surface area contributed by atoms with Crippen LogP contribution in [0.2, 0.25) is 0 Å². The van der Waals surface area contributed by atoms with Crippen LogP contribution < -0.4 is 0 Å². The molecule has 117 valence electrons. The molecular formula is C18H19CuIP-3. The molecule has 0 amide bonds. The fourth-order valence-electron chi connectivity index (χ4n) is 1.03. The first-order valence-corrected chi connectivity index (χ1v) is 5.73. The van der Waals surface area contributed by atoms with Gasteiger partial charge >= 0.3 is 0 Å². The first kappa shape index (κ1) is 25.3. The van der Waals surface area contributed by atoms with Crippen molar-refractivity contribution in [3.05, 3.63) is 109 Å². The summed E-state index contributed by atoms with van der Waals surface area (Å²) in [5, 5.41) is 0. The van der Waals surface area contributed by atoms with Gasteiger partial charge in [0.1, 0.15) is 0 Å². The van der Waals surface area contributed by atoms with E-state index in [-0.39, 0.29) is 50.9 Å². The fourth-order valence-corrected chi connectivity index (χ4v) is 1.03. The summed E-state index contributed by atoms with van der Waals surface area (Å²) < 4.78 is 0. The summed E-state index contributed by atoms with van der Waals surface area (Å²) in [6, 6.07) is 37.5. The minimum absolute atomic E-state index is 0. The maximum Gasteiger partial charge on any atom is 0 e. The molecule has 0 N–H and O–H groups in total. The van der Waals surface area contributed by atoms with Gasteiger partial charge in [-0.2, -0.15) is 119 Å². The fraction of sp³-hybridized carbons (Fsp3) is 0. The summed E-state index contributed by atoms with van der Waals surface area (Å²) in [6.07, 6.45) is 0. The third kappa shape index (κ3) is 19.3. The molecule has 0 spiro atoms. The molecule has 0 bridgehead atoms. The van der Waals surface area contributed by atoms with Crippen molar-refractivity contribution in [3.63, 3.8) is 0 Å². The van der Waals surface area contributed by atoms with Crippen LogP contribution in [0, 0.1) is 18.2 Å². The van der Waals surface area contributed by atoms with Gasteiger partial charge in [-0.3, -0.25) is 0 Å². The molecule has 0 aliphatic carbocycles. The maximum absolute atomic E-state index is 2.89. The van der Waals surface area contributed by atoms with Crippen molar-refractivity contribution in [1.29, 1.82) is 0 Å². The van der Waals surface area contributed by atoms with Crippen molar-refractivity contribution in [2.75, 3.05) is 0 Å². The van der Waals surface area contributed by atoms with E-state index in [1.54, 1.807) is 0 Å². The first-order chi connectivity index (χ1) is 9.00. The van der Waals surface area contributed by atoms with Crippen LogP contribution in [-0.2, 0) is 17.1 Å². The Morgan fingerprint density at radius 1 is 0.381 bits per heavy atom. The molecule has 0 heterocycles. The number of benzene rings is 3. The summed E-state index contributed by atoms with van der Waals surface area (Å²) in [4.78, 5) is 0. The molecule has 0 nitrogen and oxygen atoms in total. The number of halogens is 1. The molecular weight excluding hydrogens is 438 g/mol. The Labute approximate surface area is 159 Å². The van der Waals surface area contributed by atoms with Crippen molar-refractivity contribution in [2.24, 2.45) is 0 Å². The summed E-state index contributed by atoms with van der Waals surface area (Å²) in [5.41, 5.74) is 0. The summed E-state index contributed by atoms with van der Waals surface area (Å²) in [6.45, 7) is 0. The predicted octanol–water partition coefficient (Wildman–Crippen LogP) is 5.13. The van der Waals surface area contributed by atoms with Gasteiger partial charge in [-0.25, -0.2) is 0 Å². The monoisotopic (exact) mass is 456 g/mol. The van der Waals surface area contributed by atoms with Gasteiger partial charge in [0.15, 0.2) is 0 Å². The Morgan fingerprint density at radius 3 is 0.619 bits per heavy atom. The van der Waals surface area contributed by atoms with Crippen LogP contribution in [0.4, 0.5) is 0 Å². The van der Waals surface area contributed by atoms with E-state index in [2.05, 4.69) is 18.2 Å². The quantitative estimate of drug-likeness (QED) is 0.190. The van der Waals surface area contributed by atoms with Gasteiger partial charge in [-0.05, 0) is 0 Å². The van der Waals surface area contributed by atoms with E-state index in [1.165, 1.54) is 0 Å². The first-order valence-electron chi connectivity index (χ1n) is 5.73. The maximum atomic E-state index is 2.89. The van der Waals surface area contributed by atoms with Gasteiger partial charge < -0.3 is 0 Å². The van der Waals surface area contributed by atoms with Crippen LogP contribution in [0.3, 0.4) is 0 Å². The normalized spacial score (nSPS) is 6.86. The van der Waals surface area contributed by atoms with Crippen LogP contribution >= 0.6 is 33.9 Å². The van der Waals surface area contributed by atoms with Crippen molar-refractivity contribution in [3.8, 4) is 0 Å². The minimum atomic E-state index is 0. The molecule has 0 aliphatic rings. The summed E-state index contributed by atoms with van der Waals surface area (Å²) in [7, 11) is 0. The largest absolute Gasteiger partial charge is 0.184 e. The molecule has 0 aliphatic heterocycles. The van der Waals surface area contributed by atoms with Gasteiger partial charge in [-0.1, -0.05) is 0 Å². The Morgan fingerprint density at radius 2 is 0.571 bits per heavy atom. The molecule has 0 saturated carbocycles. The summed E-state index contributed by atoms with van der Waals surface area (Å²) in [5.74, 6) is 0. The van der Waals surface area contributed by atoms with Crippen LogP contribution in [0.25, 0.3) is 0 Å². The van der Waals surface area contributed by atoms with Crippen molar-refractivity contribution < 1.29 is 17.1 Å². The minimum Gasteiger partial charge on any atom is -0.184 e. The van der Waals surface area contributed by atoms with E-state index >= 15 is 0 Å². The Bertz CT molecular complexity index is 308. The predicted molar refractivity (Wildman–Crippen MR) is 102 cm³/mol. The van der Waals surface area contributed by atoms with E-state index in [0.717, 1.165) is 0 Å². The van der Waals surface area contributed by atoms with Crippen LogP contribution in [0.1, 0.15) is 0 Å². The van der Waals surface area contributed by atoms with Crippen molar-refractivity contribution >= 4 is 33.9 Å². The van der Waals surface area contributed by atoms with Gasteiger partial charge in [-0.15, -0.1) is 24.0 Å². The molecule has 0 aromatic heterocycles. The SMILES string of the molecule is I.P.[Cu].[c-]1ccccc1.[c-]1ccccc1.[c-]1ccccc1. The van der Waals surface area contributed by atoms with E-state index < -0.39 is 0 Å². The topological polar surface area (TPSA) is 0 Å². The molecule has 1 radical (unpaired) electrons. The Balaban J connectivity index is -0.000000216. The molecule has 3 aromatic rings. The van der Waals surface area contributed by atoms with Gasteiger partial charge in [0.05, 0.1) is 0 Å². The van der Waals surface area contributed by atoms with E-state index in [4.69, 9.17) is 0 Å². The van der Waals surface area contributed by atoms with Crippen LogP contribution in [0.15, 0.2) is 91.0 Å². The van der Waals surface area contributed by atoms with Gasteiger partial charge in [0, 0.05) is 17.1 Å². The third-order valence-electron chi connectivity index (χ3n) is 1.82. The molecule has 1 atom stereocenters. The van der Waals surface area contributed by atoms with E-state index in [9.17, 15) is 0 Å². The van der Waals surface area contributed by atoms with Crippen molar-refractivity contribution in [2.45, 2.75) is 0 Å². The van der Waals surface area contributed by atoms with Crippen molar-refractivity contribution in [1.82, 2.24) is 0 Å². The molecule has 3 aromatic carbocycles. The molecule has 0 fully saturated rings. The second-order valence-electron chi connectivity index (χ2n) is 3.23. The van der Waals surface area contributed by atoms with Crippen LogP contribution in [-0.4, -0.2) is 0 Å². The zero-order valence-corrected chi connectivity index (χ0v) is 16.3. The van der Waals surface area contributed by atoms with Gasteiger partial charge in [0.25, 0.3) is 0 Å². The van der Waals surface area contributed by atoms with E-state index in [1.807, 2.05) is 91.0 Å². The molecule has 1 unspecified atom stereocenters. The molecule has 0 saturated heterocycles. The zero-order chi connectivity index (χ0) is 12.7. The summed E-state index contributed by atoms with van der Waals surface area (Å²) >= 11 is 0. The van der Waals surface area contributed by atoms with E-state index in [0.29, 0.717) is 0 Å². The van der Waals surface area contributed by atoms with Gasteiger partial charge in [0.2, 0.25) is 0 Å². The van der Waals surface area contributed by atoms with Crippen LogP contribution in [0.5, 0.6) is 0 Å². The molecule has 21 heavy (non-hydrogen) atoms. The molecule has 3 heteroatoms. The number of hydrogen-bond acceptors (Lipinski definition) is 0. The smallest absolute Gasteiger partial charge is 0 e. The standard InChI is InChI=1S/3C6H5.Cu.HI.H3P/c3*1-2-4-6-5-3-1;;;/h3*1-5H;;1H;1H3/q3*-1;;;. The third-order valence-corrected chi connectivity index (χ3v) is 1.82. The second kappa shape index (κ2) is 21.6. The number of rotatable bonds is 0. The Kier molecular flexibility index (Phi) is 26.1. The second-order valence-corrected chi connectivity index (χ2v) is 3.23. The Hall–Kier alpha value is -0.661. The molecule has 3 rings (SSSR count). The average Bonchev–Trinajstić information content (AvgIpc) is 2.54. The average molecular weight is 457 g/mol. The zero-order valence-electron chi connectivity index (χ0n) is 11.6. The number of hydrogen-bond donors (Lipinski definition) is 0.